The van der Waals surface area contributed by atoms with Gasteiger partial charge in [-0.05, 0) is 42.2 Å². The van der Waals surface area contributed by atoms with Crippen molar-refractivity contribution in [3.05, 3.63) is 53.6 Å². The molecule has 0 heterocycles. The molecule has 0 aliphatic carbocycles. The summed E-state index contributed by atoms with van der Waals surface area (Å²) in [6.07, 6.45) is 0.833. The Labute approximate surface area is 155 Å². The van der Waals surface area contributed by atoms with Gasteiger partial charge in [-0.25, -0.2) is 0 Å². The van der Waals surface area contributed by atoms with Crippen molar-refractivity contribution in [2.45, 2.75) is 26.3 Å². The fourth-order valence-electron chi connectivity index (χ4n) is 2.77. The molecular formula is C21H27NO4. The van der Waals surface area contributed by atoms with Crippen molar-refractivity contribution in [3.8, 4) is 17.2 Å². The van der Waals surface area contributed by atoms with Crippen LogP contribution in [0.3, 0.4) is 0 Å². The molecule has 26 heavy (non-hydrogen) atoms. The molecule has 0 fully saturated rings. The summed E-state index contributed by atoms with van der Waals surface area (Å²) in [5.74, 6) is 2.23. The van der Waals surface area contributed by atoms with E-state index in [-0.39, 0.29) is 11.9 Å². The number of rotatable bonds is 8. The Hall–Kier alpha value is -2.69. The monoisotopic (exact) mass is 357 g/mol. The maximum absolute atomic E-state index is 12.8. The lowest BCUT2D eigenvalue weighted by Gasteiger charge is -2.22. The Balaban J connectivity index is 2.25. The molecule has 0 unspecified atom stereocenters. The van der Waals surface area contributed by atoms with E-state index in [1.165, 1.54) is 0 Å². The number of hydrogen-bond acceptors (Lipinski definition) is 4. The van der Waals surface area contributed by atoms with Crippen LogP contribution in [0.15, 0.2) is 42.5 Å². The van der Waals surface area contributed by atoms with Crippen molar-refractivity contribution >= 4 is 5.91 Å². The van der Waals surface area contributed by atoms with Crippen LogP contribution < -0.4 is 19.5 Å². The standard InChI is InChI=1S/C21H27NO4/c1-14(2)10-20(15-6-8-17(24-3)9-7-15)22-21(23)16-11-18(25-4)13-19(12-16)26-5/h6-9,11-14,20H,10H2,1-5H3,(H,22,23)/t20-/m0/s1. The molecule has 0 aromatic heterocycles. The number of hydrogen-bond donors (Lipinski definition) is 1. The van der Waals surface area contributed by atoms with E-state index >= 15 is 0 Å². The Morgan fingerprint density at radius 2 is 1.42 bits per heavy atom. The Morgan fingerprint density at radius 3 is 1.88 bits per heavy atom. The molecule has 2 aromatic rings. The molecule has 0 saturated carbocycles. The number of carbonyl (C=O) groups excluding carboxylic acids is 1. The minimum atomic E-state index is -0.163. The highest BCUT2D eigenvalue weighted by atomic mass is 16.5. The fourth-order valence-corrected chi connectivity index (χ4v) is 2.77. The van der Waals surface area contributed by atoms with Crippen LogP contribution in [0.25, 0.3) is 0 Å². The van der Waals surface area contributed by atoms with Crippen molar-refractivity contribution in [1.82, 2.24) is 5.32 Å². The minimum Gasteiger partial charge on any atom is -0.497 e. The number of ether oxygens (including phenoxy) is 3. The molecule has 1 amide bonds. The first kappa shape index (κ1) is 19.6. The molecule has 0 bridgehead atoms. The Morgan fingerprint density at radius 1 is 0.885 bits per heavy atom. The maximum Gasteiger partial charge on any atom is 0.252 e. The molecule has 2 rings (SSSR count). The third-order valence-corrected chi connectivity index (χ3v) is 4.14. The minimum absolute atomic E-state index is 0.0920. The summed E-state index contributed by atoms with van der Waals surface area (Å²) in [5, 5.41) is 3.13. The van der Waals surface area contributed by atoms with Crippen molar-refractivity contribution in [2.24, 2.45) is 5.92 Å². The first-order valence-electron chi connectivity index (χ1n) is 8.64. The van der Waals surface area contributed by atoms with E-state index in [4.69, 9.17) is 14.2 Å². The van der Waals surface area contributed by atoms with Gasteiger partial charge in [-0.3, -0.25) is 4.79 Å². The van der Waals surface area contributed by atoms with Crippen molar-refractivity contribution < 1.29 is 19.0 Å². The van der Waals surface area contributed by atoms with Gasteiger partial charge in [0.05, 0.1) is 27.4 Å². The van der Waals surface area contributed by atoms with E-state index in [1.54, 1.807) is 39.5 Å². The number of nitrogens with one attached hydrogen (secondary N) is 1. The van der Waals surface area contributed by atoms with E-state index in [9.17, 15) is 4.79 Å². The van der Waals surface area contributed by atoms with Crippen LogP contribution in [-0.2, 0) is 0 Å². The third-order valence-electron chi connectivity index (χ3n) is 4.14. The van der Waals surface area contributed by atoms with E-state index < -0.39 is 0 Å². The van der Waals surface area contributed by atoms with Crippen LogP contribution in [0.1, 0.15) is 42.2 Å². The summed E-state index contributed by atoms with van der Waals surface area (Å²) < 4.78 is 15.7. The van der Waals surface area contributed by atoms with Crippen LogP contribution in [0.5, 0.6) is 17.2 Å². The number of amides is 1. The summed E-state index contributed by atoms with van der Waals surface area (Å²) in [7, 11) is 4.77. The van der Waals surface area contributed by atoms with Crippen LogP contribution in [0.2, 0.25) is 0 Å². The van der Waals surface area contributed by atoms with Gasteiger partial charge in [0.25, 0.3) is 5.91 Å². The van der Waals surface area contributed by atoms with Gasteiger partial charge in [0.15, 0.2) is 0 Å². The molecule has 140 valence electrons. The largest absolute Gasteiger partial charge is 0.497 e. The third kappa shape index (κ3) is 5.15. The molecule has 1 N–H and O–H groups in total. The number of carbonyl (C=O) groups is 1. The summed E-state index contributed by atoms with van der Waals surface area (Å²) in [6.45, 7) is 4.27. The summed E-state index contributed by atoms with van der Waals surface area (Å²) in [4.78, 5) is 12.8. The van der Waals surface area contributed by atoms with Crippen LogP contribution >= 0.6 is 0 Å². The molecular weight excluding hydrogens is 330 g/mol. The van der Waals surface area contributed by atoms with Gasteiger partial charge in [0.1, 0.15) is 17.2 Å². The zero-order valence-electron chi connectivity index (χ0n) is 16.0. The second kappa shape index (κ2) is 9.13. The van der Waals surface area contributed by atoms with Gasteiger partial charge in [-0.15, -0.1) is 0 Å². The van der Waals surface area contributed by atoms with E-state index in [0.717, 1.165) is 17.7 Å². The highest BCUT2D eigenvalue weighted by molar-refractivity contribution is 5.95. The predicted octanol–water partition coefficient (Wildman–Crippen LogP) is 4.23. The highest BCUT2D eigenvalue weighted by Crippen LogP contribution is 2.26. The number of benzene rings is 2. The molecule has 2 aromatic carbocycles. The van der Waals surface area contributed by atoms with Gasteiger partial charge in [-0.2, -0.15) is 0 Å². The molecule has 0 aliphatic rings. The van der Waals surface area contributed by atoms with Gasteiger partial charge in [0, 0.05) is 11.6 Å². The summed E-state index contributed by atoms with van der Waals surface area (Å²) in [6, 6.07) is 12.8. The SMILES string of the molecule is COc1ccc([C@H](CC(C)C)NC(=O)c2cc(OC)cc(OC)c2)cc1. The van der Waals surface area contributed by atoms with Crippen LogP contribution in [-0.4, -0.2) is 27.2 Å². The second-order valence-corrected chi connectivity index (χ2v) is 6.53. The first-order valence-corrected chi connectivity index (χ1v) is 8.64. The fraction of sp³-hybridized carbons (Fsp3) is 0.381. The molecule has 0 aliphatic heterocycles. The smallest absolute Gasteiger partial charge is 0.252 e. The normalized spacial score (nSPS) is 11.8. The average molecular weight is 357 g/mol. The van der Waals surface area contributed by atoms with Crippen LogP contribution in [0, 0.1) is 5.92 Å². The Bertz CT molecular complexity index is 703. The molecule has 0 saturated heterocycles. The van der Waals surface area contributed by atoms with Crippen molar-refractivity contribution in [3.63, 3.8) is 0 Å². The maximum atomic E-state index is 12.8. The van der Waals surface area contributed by atoms with Gasteiger partial charge >= 0.3 is 0 Å². The van der Waals surface area contributed by atoms with E-state index in [2.05, 4.69) is 19.2 Å². The lowest BCUT2D eigenvalue weighted by Crippen LogP contribution is -2.29. The first-order chi connectivity index (χ1) is 12.5. The molecule has 0 spiro atoms. The van der Waals surface area contributed by atoms with Gasteiger partial charge < -0.3 is 19.5 Å². The van der Waals surface area contributed by atoms with Gasteiger partial charge in [0.2, 0.25) is 0 Å². The summed E-state index contributed by atoms with van der Waals surface area (Å²) in [5.41, 5.74) is 1.55. The van der Waals surface area contributed by atoms with Gasteiger partial charge in [-0.1, -0.05) is 26.0 Å². The quantitative estimate of drug-likeness (QED) is 0.768. The zero-order chi connectivity index (χ0) is 19.1. The number of methoxy groups -OCH3 is 3. The highest BCUT2D eigenvalue weighted by Gasteiger charge is 2.18. The molecule has 5 nitrogen and oxygen atoms in total. The predicted molar refractivity (Wildman–Crippen MR) is 102 cm³/mol. The van der Waals surface area contributed by atoms with E-state index in [0.29, 0.717) is 23.0 Å². The molecule has 1 atom stereocenters. The lowest BCUT2D eigenvalue weighted by molar-refractivity contribution is 0.0931. The molecule has 5 heteroatoms. The van der Waals surface area contributed by atoms with Crippen molar-refractivity contribution in [1.29, 1.82) is 0 Å². The lowest BCUT2D eigenvalue weighted by atomic mass is 9.96. The second-order valence-electron chi connectivity index (χ2n) is 6.53. The summed E-state index contributed by atoms with van der Waals surface area (Å²) >= 11 is 0. The molecule has 0 radical (unpaired) electrons. The van der Waals surface area contributed by atoms with E-state index in [1.807, 2.05) is 24.3 Å². The van der Waals surface area contributed by atoms with Crippen LogP contribution in [0.4, 0.5) is 0 Å². The Kier molecular flexibility index (Phi) is 6.89. The average Bonchev–Trinajstić information content (AvgIpc) is 2.66. The zero-order valence-corrected chi connectivity index (χ0v) is 16.0. The van der Waals surface area contributed by atoms with Crippen molar-refractivity contribution in [2.75, 3.05) is 21.3 Å². The topological polar surface area (TPSA) is 56.8 Å².